The molecule has 0 aliphatic heterocycles. The lowest BCUT2D eigenvalue weighted by atomic mass is 9.39. The lowest BCUT2D eigenvalue weighted by Crippen LogP contribution is -2.64. The number of ether oxygens (including phenoxy) is 2. The van der Waals surface area contributed by atoms with E-state index in [-0.39, 0.29) is 34.0 Å². The maximum atomic E-state index is 13.1. The first-order valence-corrected chi connectivity index (χ1v) is 15.2. The summed E-state index contributed by atoms with van der Waals surface area (Å²) in [5.74, 6) is -0.221. The summed E-state index contributed by atoms with van der Waals surface area (Å²) in [6.45, 7) is 11.0. The van der Waals surface area contributed by atoms with E-state index in [1.165, 1.54) is 12.7 Å². The molecule has 1 aromatic carbocycles. The van der Waals surface area contributed by atoms with Crippen molar-refractivity contribution in [3.05, 3.63) is 46.0 Å². The number of hydrogen-bond donors (Lipinski definition) is 3. The van der Waals surface area contributed by atoms with Gasteiger partial charge >= 0.3 is 5.97 Å². The molecule has 0 aromatic heterocycles. The highest BCUT2D eigenvalue weighted by Gasteiger charge is 2.64. The van der Waals surface area contributed by atoms with E-state index in [9.17, 15) is 19.8 Å². The average Bonchev–Trinajstić information content (AvgIpc) is 2.90. The molecule has 8 heteroatoms. The lowest BCUT2D eigenvalue weighted by molar-refractivity contribution is -0.218. The van der Waals surface area contributed by atoms with Crippen LogP contribution in [-0.4, -0.2) is 60.7 Å². The normalized spacial score (nSPS) is 36.4. The van der Waals surface area contributed by atoms with E-state index < -0.39 is 30.3 Å². The molecular formula is C32H46BrNO6. The number of carbonyl (C=O) groups is 2. The zero-order valence-corrected chi connectivity index (χ0v) is 26.5. The summed E-state index contributed by atoms with van der Waals surface area (Å²) in [6, 6.07) is 6.00. The van der Waals surface area contributed by atoms with E-state index in [2.05, 4.69) is 61.9 Å². The van der Waals surface area contributed by atoms with Gasteiger partial charge in [-0.05, 0) is 97.3 Å². The number of nitrogens with one attached hydrogen (secondary N) is 1. The number of carbonyl (C=O) groups excluding carboxylic acids is 2. The number of fused-ring (bicyclic) bond motifs is 3. The molecule has 222 valence electrons. The Hall–Kier alpha value is -1.74. The Morgan fingerprint density at radius 1 is 1.07 bits per heavy atom. The van der Waals surface area contributed by atoms with Crippen molar-refractivity contribution in [2.24, 2.45) is 34.0 Å². The minimum atomic E-state index is -0.972. The summed E-state index contributed by atoms with van der Waals surface area (Å²) >= 11 is 3.39. The fraction of sp³-hybridized carbons (Fsp3) is 0.688. The second-order valence-corrected chi connectivity index (χ2v) is 14.3. The molecule has 0 saturated heterocycles. The number of rotatable bonds is 7. The summed E-state index contributed by atoms with van der Waals surface area (Å²) < 4.78 is 11.9. The molecule has 3 N–H and O–H groups in total. The van der Waals surface area contributed by atoms with Gasteiger partial charge in [-0.15, -0.1) is 0 Å². The zero-order chi connectivity index (χ0) is 29.6. The third kappa shape index (κ3) is 5.30. The SMILES string of the molecule is COC(=O)[C@@H](NC(=O)c1ccc(Br)cc1)[C@H](C[C@H]1C(C)=CC[C@@H]2[C@]3(C)C[C@H](O)[C@@H](O)C(C)(C)[C@H]3CC[C@]21C)OC. The second kappa shape index (κ2) is 11.5. The van der Waals surface area contributed by atoms with Crippen molar-refractivity contribution in [1.29, 1.82) is 0 Å². The van der Waals surface area contributed by atoms with Crippen LogP contribution in [0.1, 0.15) is 77.1 Å². The topological polar surface area (TPSA) is 105 Å². The first kappa shape index (κ1) is 31.2. The molecule has 0 spiro atoms. The van der Waals surface area contributed by atoms with Crippen LogP contribution >= 0.6 is 15.9 Å². The van der Waals surface area contributed by atoms with Crippen LogP contribution in [0.15, 0.2) is 40.4 Å². The first-order chi connectivity index (χ1) is 18.7. The Morgan fingerprint density at radius 3 is 2.33 bits per heavy atom. The molecule has 2 saturated carbocycles. The van der Waals surface area contributed by atoms with Gasteiger partial charge in [0.05, 0.1) is 25.4 Å². The van der Waals surface area contributed by atoms with Crippen LogP contribution in [0.4, 0.5) is 0 Å². The predicted molar refractivity (Wildman–Crippen MR) is 158 cm³/mol. The number of aliphatic hydroxyl groups excluding tert-OH is 2. The molecule has 0 unspecified atom stereocenters. The molecule has 0 radical (unpaired) electrons. The van der Waals surface area contributed by atoms with Gasteiger partial charge in [-0.1, -0.05) is 55.3 Å². The van der Waals surface area contributed by atoms with Crippen molar-refractivity contribution in [2.75, 3.05) is 14.2 Å². The predicted octanol–water partition coefficient (Wildman–Crippen LogP) is 5.28. The molecule has 1 amide bonds. The largest absolute Gasteiger partial charge is 0.467 e. The van der Waals surface area contributed by atoms with E-state index >= 15 is 0 Å². The highest BCUT2D eigenvalue weighted by atomic mass is 79.9. The number of methoxy groups -OCH3 is 2. The molecule has 7 nitrogen and oxygen atoms in total. The number of aliphatic hydroxyl groups is 2. The van der Waals surface area contributed by atoms with Gasteiger partial charge in [0.1, 0.15) is 0 Å². The molecule has 3 aliphatic rings. The van der Waals surface area contributed by atoms with Gasteiger partial charge in [-0.25, -0.2) is 4.79 Å². The summed E-state index contributed by atoms with van der Waals surface area (Å²) in [7, 11) is 2.90. The van der Waals surface area contributed by atoms with Crippen LogP contribution < -0.4 is 5.32 Å². The van der Waals surface area contributed by atoms with E-state index in [0.717, 1.165) is 23.7 Å². The van der Waals surface area contributed by atoms with Crippen molar-refractivity contribution < 1.29 is 29.3 Å². The van der Waals surface area contributed by atoms with E-state index in [1.807, 2.05) is 0 Å². The van der Waals surface area contributed by atoms with Crippen molar-refractivity contribution in [3.63, 3.8) is 0 Å². The first-order valence-electron chi connectivity index (χ1n) is 14.4. The Morgan fingerprint density at radius 2 is 1.73 bits per heavy atom. The van der Waals surface area contributed by atoms with Crippen molar-refractivity contribution in [3.8, 4) is 0 Å². The van der Waals surface area contributed by atoms with Crippen LogP contribution in [0, 0.1) is 34.0 Å². The summed E-state index contributed by atoms with van der Waals surface area (Å²) in [5, 5.41) is 24.8. The number of benzene rings is 1. The minimum absolute atomic E-state index is 0.102. The van der Waals surface area contributed by atoms with Gasteiger partial charge < -0.3 is 25.0 Å². The van der Waals surface area contributed by atoms with Crippen LogP contribution in [0.3, 0.4) is 0 Å². The quantitative estimate of drug-likeness (QED) is 0.283. The van der Waals surface area contributed by atoms with Gasteiger partial charge in [0.15, 0.2) is 6.04 Å². The maximum Gasteiger partial charge on any atom is 0.331 e. The van der Waals surface area contributed by atoms with E-state index in [0.29, 0.717) is 24.3 Å². The van der Waals surface area contributed by atoms with Crippen LogP contribution in [0.2, 0.25) is 0 Å². The highest BCUT2D eigenvalue weighted by molar-refractivity contribution is 9.10. The van der Waals surface area contributed by atoms with Gasteiger partial charge in [0, 0.05) is 17.1 Å². The van der Waals surface area contributed by atoms with Crippen molar-refractivity contribution in [2.45, 2.75) is 91.1 Å². The molecule has 9 atom stereocenters. The molecular weight excluding hydrogens is 574 g/mol. The number of amides is 1. The van der Waals surface area contributed by atoms with Gasteiger partial charge in [-0.3, -0.25) is 4.79 Å². The Bertz CT molecular complexity index is 1130. The Kier molecular flexibility index (Phi) is 8.97. The minimum Gasteiger partial charge on any atom is -0.467 e. The Balaban J connectivity index is 1.63. The fourth-order valence-electron chi connectivity index (χ4n) is 8.96. The summed E-state index contributed by atoms with van der Waals surface area (Å²) in [5.41, 5.74) is 1.07. The van der Waals surface area contributed by atoms with Crippen molar-refractivity contribution >= 4 is 27.8 Å². The van der Waals surface area contributed by atoms with Gasteiger partial charge in [0.2, 0.25) is 0 Å². The zero-order valence-electron chi connectivity index (χ0n) is 24.9. The summed E-state index contributed by atoms with van der Waals surface area (Å²) in [6.07, 6.45) is 4.20. The van der Waals surface area contributed by atoms with E-state index in [1.54, 1.807) is 31.4 Å². The van der Waals surface area contributed by atoms with Crippen LogP contribution in [0.25, 0.3) is 0 Å². The second-order valence-electron chi connectivity index (χ2n) is 13.4. The van der Waals surface area contributed by atoms with Crippen LogP contribution in [0.5, 0.6) is 0 Å². The molecule has 2 fully saturated rings. The molecule has 0 bridgehead atoms. The molecule has 4 rings (SSSR count). The number of esters is 1. The monoisotopic (exact) mass is 619 g/mol. The molecule has 3 aliphatic carbocycles. The highest BCUT2D eigenvalue weighted by Crippen LogP contribution is 2.68. The third-order valence-electron chi connectivity index (χ3n) is 11.0. The maximum absolute atomic E-state index is 13.1. The van der Waals surface area contributed by atoms with Gasteiger partial charge in [-0.2, -0.15) is 0 Å². The molecule has 1 aromatic rings. The van der Waals surface area contributed by atoms with Gasteiger partial charge in [0.25, 0.3) is 5.91 Å². The number of halogens is 1. The smallest absolute Gasteiger partial charge is 0.331 e. The standard InChI is InChI=1S/C32H46BrNO6/c1-18-8-13-25-31(4,15-14-24-30(2,3)27(36)22(35)17-32(24,25)5)21(18)16-23(39-6)26(29(38)40-7)34-28(37)19-9-11-20(33)12-10-19/h8-12,21-27,35-36H,13-17H2,1-7H3,(H,34,37)/t21-,22-,23-,24+,25-,26-,27+,31-,32+/m0/s1. The lowest BCUT2D eigenvalue weighted by Gasteiger charge is -2.67. The number of hydrogen-bond acceptors (Lipinski definition) is 6. The van der Waals surface area contributed by atoms with Crippen molar-refractivity contribution in [1.82, 2.24) is 5.32 Å². The Labute approximate surface area is 247 Å². The van der Waals surface area contributed by atoms with Crippen LogP contribution in [-0.2, 0) is 14.3 Å². The number of allylic oxidation sites excluding steroid dienone is 2. The van der Waals surface area contributed by atoms with E-state index in [4.69, 9.17) is 9.47 Å². The molecule has 0 heterocycles. The fourth-order valence-corrected chi connectivity index (χ4v) is 9.22. The summed E-state index contributed by atoms with van der Waals surface area (Å²) in [4.78, 5) is 26.1. The average molecular weight is 621 g/mol. The molecule has 40 heavy (non-hydrogen) atoms. The third-order valence-corrected chi connectivity index (χ3v) is 11.6.